The van der Waals surface area contributed by atoms with Crippen LogP contribution in [-0.2, 0) is 5.88 Å². The summed E-state index contributed by atoms with van der Waals surface area (Å²) >= 11 is 7.42. The maximum atomic E-state index is 5.74. The van der Waals surface area contributed by atoms with Gasteiger partial charge in [-0.05, 0) is 31.0 Å². The molecular weight excluding hydrogens is 202 g/mol. The zero-order chi connectivity index (χ0) is 9.42. The summed E-state index contributed by atoms with van der Waals surface area (Å²) in [5.41, 5.74) is 3.67. The van der Waals surface area contributed by atoms with E-state index < -0.39 is 0 Å². The summed E-state index contributed by atoms with van der Waals surface area (Å²) in [5, 5.41) is 1.00. The summed E-state index contributed by atoms with van der Waals surface area (Å²) in [6, 6.07) is 4.25. The average molecular weight is 212 g/mol. The van der Waals surface area contributed by atoms with Gasteiger partial charge in [-0.3, -0.25) is 0 Å². The highest BCUT2D eigenvalue weighted by Gasteiger charge is 2.06. The number of benzene rings is 1. The molecule has 0 aliphatic carbocycles. The van der Waals surface area contributed by atoms with Gasteiger partial charge in [0.15, 0.2) is 0 Å². The molecule has 0 atom stereocenters. The predicted octanol–water partition coefficient (Wildman–Crippen LogP) is 3.65. The van der Waals surface area contributed by atoms with E-state index in [1.165, 1.54) is 15.8 Å². The van der Waals surface area contributed by atoms with E-state index in [0.717, 1.165) is 10.5 Å². The topological polar surface area (TPSA) is 12.9 Å². The smallest absolute Gasteiger partial charge is 0.109 e. The van der Waals surface area contributed by atoms with Crippen LogP contribution in [0.15, 0.2) is 12.1 Å². The fraction of sp³-hybridized carbons (Fsp3) is 0.300. The van der Waals surface area contributed by atoms with Crippen molar-refractivity contribution in [1.29, 1.82) is 0 Å². The van der Waals surface area contributed by atoms with Crippen LogP contribution in [0, 0.1) is 13.8 Å². The number of alkyl halides is 1. The molecule has 0 spiro atoms. The van der Waals surface area contributed by atoms with Gasteiger partial charge in [-0.25, -0.2) is 4.98 Å². The summed E-state index contributed by atoms with van der Waals surface area (Å²) < 4.78 is 1.23. The molecule has 1 aromatic carbocycles. The fourth-order valence-corrected chi connectivity index (χ4v) is 2.43. The van der Waals surface area contributed by atoms with Gasteiger partial charge in [0.1, 0.15) is 5.01 Å². The number of thiazole rings is 1. The van der Waals surface area contributed by atoms with Crippen molar-refractivity contribution in [2.75, 3.05) is 0 Å². The number of nitrogens with zero attached hydrogens (tertiary/aromatic N) is 1. The molecule has 3 heteroatoms. The minimum atomic E-state index is 0.512. The monoisotopic (exact) mass is 211 g/mol. The second-order valence-electron chi connectivity index (χ2n) is 3.10. The van der Waals surface area contributed by atoms with E-state index in [1.54, 1.807) is 11.3 Å². The Morgan fingerprint density at radius 2 is 2.15 bits per heavy atom. The molecule has 68 valence electrons. The van der Waals surface area contributed by atoms with Gasteiger partial charge < -0.3 is 0 Å². The maximum Gasteiger partial charge on any atom is 0.109 e. The van der Waals surface area contributed by atoms with Crippen LogP contribution in [0.1, 0.15) is 16.1 Å². The lowest BCUT2D eigenvalue weighted by Crippen LogP contribution is -1.82. The van der Waals surface area contributed by atoms with Gasteiger partial charge in [-0.2, -0.15) is 0 Å². The molecule has 0 amide bonds. The molecule has 1 nitrogen and oxygen atoms in total. The second-order valence-corrected chi connectivity index (χ2v) is 4.48. The largest absolute Gasteiger partial charge is 0.240 e. The van der Waals surface area contributed by atoms with Crippen LogP contribution >= 0.6 is 22.9 Å². The molecule has 0 aliphatic rings. The molecule has 0 N–H and O–H groups in total. The first kappa shape index (κ1) is 8.97. The Balaban J connectivity index is 2.76. The first-order valence-corrected chi connectivity index (χ1v) is 5.49. The molecule has 0 bridgehead atoms. The second kappa shape index (κ2) is 3.28. The van der Waals surface area contributed by atoms with Gasteiger partial charge in [0.2, 0.25) is 0 Å². The highest BCUT2D eigenvalue weighted by Crippen LogP contribution is 2.27. The summed E-state index contributed by atoms with van der Waals surface area (Å²) in [6.07, 6.45) is 0. The Hall–Kier alpha value is -0.600. The lowest BCUT2D eigenvalue weighted by Gasteiger charge is -1.98. The van der Waals surface area contributed by atoms with Crippen molar-refractivity contribution in [2.45, 2.75) is 19.7 Å². The van der Waals surface area contributed by atoms with Crippen LogP contribution < -0.4 is 0 Å². The number of hydrogen-bond acceptors (Lipinski definition) is 2. The van der Waals surface area contributed by atoms with E-state index in [4.69, 9.17) is 11.6 Å². The predicted molar refractivity (Wildman–Crippen MR) is 58.7 cm³/mol. The SMILES string of the molecule is Cc1ccc2sc(CCl)nc2c1C. The molecule has 13 heavy (non-hydrogen) atoms. The number of aryl methyl sites for hydroxylation is 2. The minimum Gasteiger partial charge on any atom is -0.240 e. The minimum absolute atomic E-state index is 0.512. The van der Waals surface area contributed by atoms with Gasteiger partial charge >= 0.3 is 0 Å². The maximum absolute atomic E-state index is 5.74. The highest BCUT2D eigenvalue weighted by molar-refractivity contribution is 7.18. The molecular formula is C10H10ClNS. The van der Waals surface area contributed by atoms with Crippen LogP contribution in [0.25, 0.3) is 10.2 Å². The third-order valence-electron chi connectivity index (χ3n) is 2.24. The van der Waals surface area contributed by atoms with Crippen LogP contribution in [0.2, 0.25) is 0 Å². The van der Waals surface area contributed by atoms with Crippen molar-refractivity contribution >= 4 is 33.2 Å². The van der Waals surface area contributed by atoms with Crippen molar-refractivity contribution in [2.24, 2.45) is 0 Å². The summed E-state index contributed by atoms with van der Waals surface area (Å²) in [5.74, 6) is 0.512. The normalized spacial score (nSPS) is 11.0. The first-order valence-electron chi connectivity index (χ1n) is 4.14. The lowest BCUT2D eigenvalue weighted by atomic mass is 10.1. The van der Waals surface area contributed by atoms with Crippen LogP contribution in [-0.4, -0.2) is 4.98 Å². The van der Waals surface area contributed by atoms with Gasteiger partial charge in [0, 0.05) is 0 Å². The Morgan fingerprint density at radius 3 is 2.85 bits per heavy atom. The van der Waals surface area contributed by atoms with Crippen molar-refractivity contribution < 1.29 is 0 Å². The number of rotatable bonds is 1. The van der Waals surface area contributed by atoms with Gasteiger partial charge in [-0.1, -0.05) is 6.07 Å². The van der Waals surface area contributed by atoms with E-state index in [-0.39, 0.29) is 0 Å². The average Bonchev–Trinajstić information content (AvgIpc) is 2.55. The van der Waals surface area contributed by atoms with Crippen LogP contribution in [0.4, 0.5) is 0 Å². The Kier molecular flexibility index (Phi) is 2.26. The van der Waals surface area contributed by atoms with Crippen molar-refractivity contribution in [1.82, 2.24) is 4.98 Å². The highest BCUT2D eigenvalue weighted by atomic mass is 35.5. The standard InChI is InChI=1S/C10H10ClNS/c1-6-3-4-8-10(7(6)2)12-9(5-11)13-8/h3-4H,5H2,1-2H3. The van der Waals surface area contributed by atoms with E-state index in [9.17, 15) is 0 Å². The number of aromatic nitrogens is 1. The molecule has 0 fully saturated rings. The molecule has 0 saturated heterocycles. The summed E-state index contributed by atoms with van der Waals surface area (Å²) in [6.45, 7) is 4.21. The summed E-state index contributed by atoms with van der Waals surface area (Å²) in [7, 11) is 0. The van der Waals surface area contributed by atoms with Gasteiger partial charge in [0.05, 0.1) is 16.1 Å². The zero-order valence-electron chi connectivity index (χ0n) is 7.60. The molecule has 2 rings (SSSR count). The number of fused-ring (bicyclic) bond motifs is 1. The Labute approximate surface area is 86.4 Å². The van der Waals surface area contributed by atoms with E-state index in [0.29, 0.717) is 5.88 Å². The molecule has 0 radical (unpaired) electrons. The number of halogens is 1. The zero-order valence-corrected chi connectivity index (χ0v) is 9.17. The van der Waals surface area contributed by atoms with Crippen LogP contribution in [0.5, 0.6) is 0 Å². The molecule has 0 saturated carbocycles. The quantitative estimate of drug-likeness (QED) is 0.657. The number of hydrogen-bond donors (Lipinski definition) is 0. The third kappa shape index (κ3) is 1.45. The lowest BCUT2D eigenvalue weighted by molar-refractivity contribution is 1.27. The molecule has 1 heterocycles. The molecule has 2 aromatic rings. The van der Waals surface area contributed by atoms with E-state index >= 15 is 0 Å². The van der Waals surface area contributed by atoms with Crippen molar-refractivity contribution in [3.05, 3.63) is 28.3 Å². The molecule has 0 aliphatic heterocycles. The fourth-order valence-electron chi connectivity index (χ4n) is 1.33. The molecule has 1 aromatic heterocycles. The first-order chi connectivity index (χ1) is 6.22. The van der Waals surface area contributed by atoms with Crippen molar-refractivity contribution in [3.8, 4) is 0 Å². The third-order valence-corrected chi connectivity index (χ3v) is 3.68. The van der Waals surface area contributed by atoms with Gasteiger partial charge in [-0.15, -0.1) is 22.9 Å². The summed E-state index contributed by atoms with van der Waals surface area (Å²) in [4.78, 5) is 4.48. The Morgan fingerprint density at radius 1 is 1.38 bits per heavy atom. The molecule has 0 unspecified atom stereocenters. The van der Waals surface area contributed by atoms with Crippen molar-refractivity contribution in [3.63, 3.8) is 0 Å². The van der Waals surface area contributed by atoms with E-state index in [2.05, 4.69) is 31.0 Å². The van der Waals surface area contributed by atoms with Gasteiger partial charge in [0.25, 0.3) is 0 Å². The van der Waals surface area contributed by atoms with Crippen LogP contribution in [0.3, 0.4) is 0 Å². The van der Waals surface area contributed by atoms with E-state index in [1.807, 2.05) is 0 Å². The Bertz CT molecular complexity index is 447.